The molecule has 1 saturated heterocycles. The van der Waals surface area contributed by atoms with Crippen molar-refractivity contribution in [2.24, 2.45) is 0 Å². The number of rotatable bonds is 5. The van der Waals surface area contributed by atoms with Crippen LogP contribution in [0, 0.1) is 5.82 Å². The summed E-state index contributed by atoms with van der Waals surface area (Å²) in [6.07, 6.45) is 4.60. The highest BCUT2D eigenvalue weighted by Crippen LogP contribution is 2.33. The first kappa shape index (κ1) is 19.1. The molecule has 29 heavy (non-hydrogen) atoms. The van der Waals surface area contributed by atoms with Crippen LogP contribution in [0.3, 0.4) is 0 Å². The van der Waals surface area contributed by atoms with Gasteiger partial charge in [0.2, 0.25) is 0 Å². The molecule has 3 aromatic rings. The first-order chi connectivity index (χ1) is 14.1. The maximum atomic E-state index is 13.2. The molecule has 150 valence electrons. The van der Waals surface area contributed by atoms with Gasteiger partial charge < -0.3 is 9.64 Å². The maximum Gasteiger partial charge on any atom is 0.276 e. The minimum absolute atomic E-state index is 0.00593. The zero-order valence-corrected chi connectivity index (χ0v) is 16.3. The average Bonchev–Trinajstić information content (AvgIpc) is 3.23. The summed E-state index contributed by atoms with van der Waals surface area (Å²) < 4.78 is 20.0. The van der Waals surface area contributed by atoms with E-state index in [-0.39, 0.29) is 17.8 Å². The first-order valence-corrected chi connectivity index (χ1v) is 9.73. The highest BCUT2D eigenvalue weighted by atomic mass is 19.1. The number of ether oxygens (including phenoxy) is 1. The third-order valence-electron chi connectivity index (χ3n) is 5.26. The second-order valence-electron chi connectivity index (χ2n) is 7.21. The minimum atomic E-state index is -0.281. The van der Waals surface area contributed by atoms with Gasteiger partial charge in [-0.25, -0.2) is 9.07 Å². The van der Waals surface area contributed by atoms with Crippen LogP contribution >= 0.6 is 0 Å². The molecule has 1 aromatic heterocycles. The Labute approximate surface area is 168 Å². The Morgan fingerprint density at radius 3 is 2.83 bits per heavy atom. The van der Waals surface area contributed by atoms with Crippen LogP contribution < -0.4 is 4.74 Å². The number of carbonyl (C=O) groups excluding carboxylic acids is 1. The highest BCUT2D eigenvalue weighted by molar-refractivity contribution is 5.92. The summed E-state index contributed by atoms with van der Waals surface area (Å²) in [5, 5.41) is 8.17. The van der Waals surface area contributed by atoms with Gasteiger partial charge in [-0.2, -0.15) is 0 Å². The Hall–Kier alpha value is -3.22. The number of piperidine rings is 1. The van der Waals surface area contributed by atoms with E-state index < -0.39 is 0 Å². The fourth-order valence-electron chi connectivity index (χ4n) is 3.77. The van der Waals surface area contributed by atoms with E-state index in [1.54, 1.807) is 30.1 Å². The number of carbonyl (C=O) groups is 1. The second-order valence-corrected chi connectivity index (χ2v) is 7.21. The van der Waals surface area contributed by atoms with E-state index in [0.29, 0.717) is 18.8 Å². The lowest BCUT2D eigenvalue weighted by Gasteiger charge is -2.35. The lowest BCUT2D eigenvalue weighted by atomic mass is 9.94. The number of aromatic nitrogens is 3. The SMILES string of the molecule is COc1cccc([C@H]2CCCCN2C(=O)c2cn(Cc3ccc(F)cc3)nn2)c1. The molecule has 1 aliphatic heterocycles. The van der Waals surface area contributed by atoms with Crippen LogP contribution in [0.5, 0.6) is 5.75 Å². The number of amides is 1. The van der Waals surface area contributed by atoms with Crippen LogP contribution in [0.1, 0.15) is 46.9 Å². The van der Waals surface area contributed by atoms with Gasteiger partial charge in [0.15, 0.2) is 5.69 Å². The number of methoxy groups -OCH3 is 1. The molecule has 0 radical (unpaired) electrons. The number of likely N-dealkylation sites (tertiary alicyclic amines) is 1. The molecule has 1 aliphatic rings. The predicted molar refractivity (Wildman–Crippen MR) is 106 cm³/mol. The van der Waals surface area contributed by atoms with Crippen molar-refractivity contribution in [1.82, 2.24) is 19.9 Å². The highest BCUT2D eigenvalue weighted by Gasteiger charge is 2.30. The molecule has 2 aromatic carbocycles. The molecule has 0 unspecified atom stereocenters. The summed E-state index contributed by atoms with van der Waals surface area (Å²) in [6.45, 7) is 1.12. The fraction of sp³-hybridized carbons (Fsp3) is 0.318. The first-order valence-electron chi connectivity index (χ1n) is 9.73. The standard InChI is InChI=1S/C22H23FN4O2/c1-29-19-6-4-5-17(13-19)21-7-2-3-12-27(21)22(28)20-15-26(25-24-20)14-16-8-10-18(23)11-9-16/h4-6,8-11,13,15,21H,2-3,7,12,14H2,1H3/t21-/m1/s1. The monoisotopic (exact) mass is 394 g/mol. The Balaban J connectivity index is 1.52. The summed E-state index contributed by atoms with van der Waals surface area (Å²) >= 11 is 0. The van der Waals surface area contributed by atoms with Crippen molar-refractivity contribution < 1.29 is 13.9 Å². The van der Waals surface area contributed by atoms with Crippen LogP contribution in [-0.2, 0) is 6.54 Å². The van der Waals surface area contributed by atoms with Crippen molar-refractivity contribution in [1.29, 1.82) is 0 Å². The summed E-state index contributed by atoms with van der Waals surface area (Å²) in [7, 11) is 1.64. The summed E-state index contributed by atoms with van der Waals surface area (Å²) in [6, 6.07) is 14.1. The number of nitrogens with zero attached hydrogens (tertiary/aromatic N) is 4. The molecule has 1 fully saturated rings. The lowest BCUT2D eigenvalue weighted by molar-refractivity contribution is 0.0605. The molecule has 7 heteroatoms. The topological polar surface area (TPSA) is 60.2 Å². The minimum Gasteiger partial charge on any atom is -0.497 e. The summed E-state index contributed by atoms with van der Waals surface area (Å²) in [4.78, 5) is 15.1. The molecular weight excluding hydrogens is 371 g/mol. The van der Waals surface area contributed by atoms with Crippen molar-refractivity contribution in [3.05, 3.63) is 77.4 Å². The molecule has 4 rings (SSSR count). The van der Waals surface area contributed by atoms with Gasteiger partial charge >= 0.3 is 0 Å². The molecule has 1 atom stereocenters. The normalized spacial score (nSPS) is 16.6. The summed E-state index contributed by atoms with van der Waals surface area (Å²) in [5.74, 6) is 0.380. The average molecular weight is 394 g/mol. The van der Waals surface area contributed by atoms with Gasteiger partial charge in [0.05, 0.1) is 25.9 Å². The lowest BCUT2D eigenvalue weighted by Crippen LogP contribution is -2.38. The summed E-state index contributed by atoms with van der Waals surface area (Å²) in [5.41, 5.74) is 2.28. The van der Waals surface area contributed by atoms with Gasteiger partial charge in [-0.3, -0.25) is 4.79 Å². The smallest absolute Gasteiger partial charge is 0.276 e. The Morgan fingerprint density at radius 2 is 2.03 bits per heavy atom. The molecular formula is C22H23FN4O2. The molecule has 0 N–H and O–H groups in total. The molecule has 2 heterocycles. The molecule has 0 bridgehead atoms. The van der Waals surface area contributed by atoms with E-state index in [1.165, 1.54) is 12.1 Å². The van der Waals surface area contributed by atoms with E-state index in [9.17, 15) is 9.18 Å². The van der Waals surface area contributed by atoms with Crippen LogP contribution in [0.15, 0.2) is 54.7 Å². The molecule has 6 nitrogen and oxygen atoms in total. The second kappa shape index (κ2) is 8.43. The van der Waals surface area contributed by atoms with Gasteiger partial charge in [-0.15, -0.1) is 5.10 Å². The van der Waals surface area contributed by atoms with E-state index in [2.05, 4.69) is 10.3 Å². The number of benzene rings is 2. The van der Waals surface area contributed by atoms with Crippen LogP contribution in [-0.4, -0.2) is 39.5 Å². The van der Waals surface area contributed by atoms with Gasteiger partial charge in [-0.05, 0) is 54.7 Å². The third kappa shape index (κ3) is 4.29. The van der Waals surface area contributed by atoms with Crippen LogP contribution in [0.4, 0.5) is 4.39 Å². The van der Waals surface area contributed by atoms with Crippen molar-refractivity contribution in [3.63, 3.8) is 0 Å². The number of hydrogen-bond donors (Lipinski definition) is 0. The van der Waals surface area contributed by atoms with Gasteiger partial charge in [0.1, 0.15) is 11.6 Å². The number of hydrogen-bond acceptors (Lipinski definition) is 4. The fourth-order valence-corrected chi connectivity index (χ4v) is 3.77. The molecule has 0 saturated carbocycles. The number of halogens is 1. The molecule has 1 amide bonds. The Morgan fingerprint density at radius 1 is 1.21 bits per heavy atom. The van der Waals surface area contributed by atoms with E-state index in [0.717, 1.165) is 36.1 Å². The molecule has 0 aliphatic carbocycles. The Bertz CT molecular complexity index is 986. The van der Waals surface area contributed by atoms with Gasteiger partial charge in [-0.1, -0.05) is 29.5 Å². The van der Waals surface area contributed by atoms with Crippen LogP contribution in [0.25, 0.3) is 0 Å². The quantitative estimate of drug-likeness (QED) is 0.660. The van der Waals surface area contributed by atoms with E-state index in [4.69, 9.17) is 4.74 Å². The third-order valence-corrected chi connectivity index (χ3v) is 5.26. The van der Waals surface area contributed by atoms with Crippen molar-refractivity contribution >= 4 is 5.91 Å². The van der Waals surface area contributed by atoms with Gasteiger partial charge in [0, 0.05) is 6.54 Å². The van der Waals surface area contributed by atoms with Crippen molar-refractivity contribution in [2.45, 2.75) is 31.8 Å². The van der Waals surface area contributed by atoms with Crippen molar-refractivity contribution in [2.75, 3.05) is 13.7 Å². The van der Waals surface area contributed by atoms with Crippen molar-refractivity contribution in [3.8, 4) is 5.75 Å². The largest absolute Gasteiger partial charge is 0.497 e. The maximum absolute atomic E-state index is 13.2. The zero-order chi connectivity index (χ0) is 20.2. The van der Waals surface area contributed by atoms with Crippen LogP contribution in [0.2, 0.25) is 0 Å². The van der Waals surface area contributed by atoms with Gasteiger partial charge in [0.25, 0.3) is 5.91 Å². The molecule has 0 spiro atoms. The van der Waals surface area contributed by atoms with E-state index in [1.807, 2.05) is 29.2 Å². The Kier molecular flexibility index (Phi) is 5.55. The van der Waals surface area contributed by atoms with E-state index >= 15 is 0 Å². The predicted octanol–water partition coefficient (Wildman–Crippen LogP) is 3.84. The zero-order valence-electron chi connectivity index (χ0n) is 16.3.